The number of nitrogens with zero attached hydrogens (tertiary/aromatic N) is 2. The lowest BCUT2D eigenvalue weighted by atomic mass is 9.86. The molecular formula is C17H18N4O. The normalized spacial score (nSPS) is 11.6. The highest BCUT2D eigenvalue weighted by atomic mass is 16.1. The van der Waals surface area contributed by atoms with Crippen LogP contribution in [0.4, 0.5) is 5.69 Å². The molecule has 1 aromatic heterocycles. The Hall–Kier alpha value is -2.69. The monoisotopic (exact) mass is 294 g/mol. The maximum Gasteiger partial charge on any atom is 0.255 e. The molecule has 0 fully saturated rings. The van der Waals surface area contributed by atoms with Crippen LogP contribution in [0.25, 0.3) is 11.0 Å². The minimum Gasteiger partial charge on any atom is -0.322 e. The molecule has 0 radical (unpaired) electrons. The molecule has 1 amide bonds. The Kier molecular flexibility index (Phi) is 3.41. The van der Waals surface area contributed by atoms with Gasteiger partial charge in [0.05, 0.1) is 0 Å². The van der Waals surface area contributed by atoms with E-state index in [1.807, 2.05) is 24.3 Å². The van der Waals surface area contributed by atoms with Gasteiger partial charge in [0, 0.05) is 11.3 Å². The van der Waals surface area contributed by atoms with Gasteiger partial charge in [-0.15, -0.1) is 0 Å². The first-order valence-electron chi connectivity index (χ1n) is 7.16. The molecule has 0 spiro atoms. The fourth-order valence-electron chi connectivity index (χ4n) is 2.42. The molecule has 5 heteroatoms. The van der Waals surface area contributed by atoms with Crippen molar-refractivity contribution in [3.05, 3.63) is 53.6 Å². The van der Waals surface area contributed by atoms with Gasteiger partial charge in [-0.1, -0.05) is 39.0 Å². The van der Waals surface area contributed by atoms with Crippen molar-refractivity contribution in [3.63, 3.8) is 0 Å². The standard InChI is InChI=1S/C17H18N4O/c1-17(2,3)12-6-4-5-7-13(12)18-16(22)11-8-9-14-15(10-11)20-21-19-14/h4-10H,1-3H3,(H,18,22)(H,19,20,21). The lowest BCUT2D eigenvalue weighted by molar-refractivity contribution is 0.102. The van der Waals surface area contributed by atoms with Gasteiger partial charge in [0.15, 0.2) is 0 Å². The quantitative estimate of drug-likeness (QED) is 0.760. The van der Waals surface area contributed by atoms with Crippen LogP contribution in [0.1, 0.15) is 36.7 Å². The number of amides is 1. The van der Waals surface area contributed by atoms with E-state index < -0.39 is 0 Å². The molecule has 0 unspecified atom stereocenters. The molecular weight excluding hydrogens is 276 g/mol. The minimum atomic E-state index is -0.151. The van der Waals surface area contributed by atoms with Gasteiger partial charge in [0.2, 0.25) is 0 Å². The summed E-state index contributed by atoms with van der Waals surface area (Å²) in [4.78, 5) is 12.5. The summed E-state index contributed by atoms with van der Waals surface area (Å²) in [6, 6.07) is 13.1. The number of carbonyl (C=O) groups excluding carboxylic acids is 1. The van der Waals surface area contributed by atoms with Crippen LogP contribution < -0.4 is 5.32 Å². The number of nitrogens with one attached hydrogen (secondary N) is 2. The highest BCUT2D eigenvalue weighted by Crippen LogP contribution is 2.29. The molecule has 3 aromatic rings. The Morgan fingerprint density at radius 3 is 2.55 bits per heavy atom. The molecule has 0 atom stereocenters. The largest absolute Gasteiger partial charge is 0.322 e. The van der Waals surface area contributed by atoms with Crippen LogP contribution in [-0.2, 0) is 5.41 Å². The van der Waals surface area contributed by atoms with E-state index in [1.54, 1.807) is 18.2 Å². The fourth-order valence-corrected chi connectivity index (χ4v) is 2.42. The van der Waals surface area contributed by atoms with Crippen LogP contribution in [0.15, 0.2) is 42.5 Å². The first kappa shape index (κ1) is 14.3. The summed E-state index contributed by atoms with van der Waals surface area (Å²) in [5.41, 5.74) is 3.87. The first-order chi connectivity index (χ1) is 10.4. The predicted molar refractivity (Wildman–Crippen MR) is 87.0 cm³/mol. The molecule has 3 rings (SSSR count). The average Bonchev–Trinajstić information content (AvgIpc) is 2.94. The zero-order valence-electron chi connectivity index (χ0n) is 12.8. The highest BCUT2D eigenvalue weighted by molar-refractivity contribution is 6.06. The number of aromatic amines is 1. The van der Waals surface area contributed by atoms with E-state index in [4.69, 9.17) is 0 Å². The molecule has 22 heavy (non-hydrogen) atoms. The number of rotatable bonds is 2. The van der Waals surface area contributed by atoms with Crippen LogP contribution in [0, 0.1) is 0 Å². The number of hydrogen-bond acceptors (Lipinski definition) is 3. The molecule has 5 nitrogen and oxygen atoms in total. The van der Waals surface area contributed by atoms with Crippen LogP contribution in [-0.4, -0.2) is 21.3 Å². The maximum absolute atomic E-state index is 12.5. The van der Waals surface area contributed by atoms with Crippen molar-refractivity contribution in [1.29, 1.82) is 0 Å². The van der Waals surface area contributed by atoms with Crippen LogP contribution in [0.3, 0.4) is 0 Å². The molecule has 0 aliphatic carbocycles. The molecule has 0 saturated heterocycles. The number of aromatic nitrogens is 3. The summed E-state index contributed by atoms with van der Waals surface area (Å²) in [5, 5.41) is 13.5. The van der Waals surface area contributed by atoms with Gasteiger partial charge < -0.3 is 5.32 Å². The first-order valence-corrected chi connectivity index (χ1v) is 7.16. The van der Waals surface area contributed by atoms with Crippen molar-refractivity contribution in [2.24, 2.45) is 0 Å². The van der Waals surface area contributed by atoms with Crippen molar-refractivity contribution in [2.75, 3.05) is 5.32 Å². The summed E-state index contributed by atoms with van der Waals surface area (Å²) in [6.07, 6.45) is 0. The number of H-pyrrole nitrogens is 1. The lowest BCUT2D eigenvalue weighted by Crippen LogP contribution is -2.18. The second-order valence-corrected chi connectivity index (χ2v) is 6.28. The topological polar surface area (TPSA) is 70.7 Å². The Bertz CT molecular complexity index is 830. The van der Waals surface area contributed by atoms with Gasteiger partial charge in [-0.3, -0.25) is 4.79 Å². The zero-order valence-corrected chi connectivity index (χ0v) is 12.8. The number of hydrogen-bond donors (Lipinski definition) is 2. The molecule has 0 bridgehead atoms. The Morgan fingerprint density at radius 2 is 1.77 bits per heavy atom. The fraction of sp³-hybridized carbons (Fsp3) is 0.235. The van der Waals surface area contributed by atoms with Gasteiger partial charge in [-0.2, -0.15) is 15.4 Å². The molecule has 2 aromatic carbocycles. The van der Waals surface area contributed by atoms with Crippen molar-refractivity contribution in [1.82, 2.24) is 15.4 Å². The summed E-state index contributed by atoms with van der Waals surface area (Å²) >= 11 is 0. The second-order valence-electron chi connectivity index (χ2n) is 6.28. The number of benzene rings is 2. The van der Waals surface area contributed by atoms with Crippen molar-refractivity contribution in [2.45, 2.75) is 26.2 Å². The summed E-state index contributed by atoms with van der Waals surface area (Å²) < 4.78 is 0. The highest BCUT2D eigenvalue weighted by Gasteiger charge is 2.19. The van der Waals surface area contributed by atoms with Gasteiger partial charge in [-0.05, 0) is 35.2 Å². The third-order valence-electron chi connectivity index (χ3n) is 3.56. The van der Waals surface area contributed by atoms with Gasteiger partial charge >= 0.3 is 0 Å². The molecule has 112 valence electrons. The van der Waals surface area contributed by atoms with E-state index in [2.05, 4.69) is 41.5 Å². The predicted octanol–water partition coefficient (Wildman–Crippen LogP) is 3.51. The van der Waals surface area contributed by atoms with Gasteiger partial charge in [-0.25, -0.2) is 0 Å². The maximum atomic E-state index is 12.5. The van der Waals surface area contributed by atoms with E-state index in [0.717, 1.165) is 16.8 Å². The minimum absolute atomic E-state index is 0.0417. The van der Waals surface area contributed by atoms with E-state index in [9.17, 15) is 4.79 Å². The van der Waals surface area contributed by atoms with Crippen molar-refractivity contribution in [3.8, 4) is 0 Å². The van der Waals surface area contributed by atoms with Crippen molar-refractivity contribution >= 4 is 22.6 Å². The molecule has 0 aliphatic heterocycles. The number of para-hydroxylation sites is 1. The molecule has 0 aliphatic rings. The van der Waals surface area contributed by atoms with Gasteiger partial charge in [0.25, 0.3) is 5.91 Å². The zero-order chi connectivity index (χ0) is 15.7. The van der Waals surface area contributed by atoms with E-state index >= 15 is 0 Å². The Balaban J connectivity index is 1.91. The third-order valence-corrected chi connectivity index (χ3v) is 3.56. The Labute approximate surface area is 128 Å². The number of fused-ring (bicyclic) bond motifs is 1. The SMILES string of the molecule is CC(C)(C)c1ccccc1NC(=O)c1ccc2n[nH]nc2c1. The Morgan fingerprint density at radius 1 is 1.05 bits per heavy atom. The summed E-state index contributed by atoms with van der Waals surface area (Å²) in [7, 11) is 0. The van der Waals surface area contributed by atoms with Gasteiger partial charge in [0.1, 0.15) is 11.0 Å². The number of anilines is 1. The molecule has 1 heterocycles. The summed E-state index contributed by atoms with van der Waals surface area (Å²) in [5.74, 6) is -0.151. The van der Waals surface area contributed by atoms with E-state index in [-0.39, 0.29) is 11.3 Å². The van der Waals surface area contributed by atoms with Crippen LogP contribution in [0.2, 0.25) is 0 Å². The van der Waals surface area contributed by atoms with E-state index in [1.165, 1.54) is 0 Å². The summed E-state index contributed by atoms with van der Waals surface area (Å²) in [6.45, 7) is 6.37. The lowest BCUT2D eigenvalue weighted by Gasteiger charge is -2.23. The van der Waals surface area contributed by atoms with Crippen molar-refractivity contribution < 1.29 is 4.79 Å². The van der Waals surface area contributed by atoms with Crippen LogP contribution in [0.5, 0.6) is 0 Å². The molecule has 0 saturated carbocycles. The average molecular weight is 294 g/mol. The molecule has 2 N–H and O–H groups in total. The smallest absolute Gasteiger partial charge is 0.255 e. The van der Waals surface area contributed by atoms with E-state index in [0.29, 0.717) is 11.1 Å². The van der Waals surface area contributed by atoms with Crippen LogP contribution >= 0.6 is 0 Å². The second kappa shape index (κ2) is 5.26. The number of carbonyl (C=O) groups is 1. The third kappa shape index (κ3) is 2.70.